The van der Waals surface area contributed by atoms with E-state index in [4.69, 9.17) is 28.4 Å². The zero-order valence-electron chi connectivity index (χ0n) is 22.6. The van der Waals surface area contributed by atoms with Crippen LogP contribution >= 0.6 is 0 Å². The summed E-state index contributed by atoms with van der Waals surface area (Å²) in [6.07, 6.45) is 7.28. The minimum Gasteiger partial charge on any atom is -0.392 e. The third kappa shape index (κ3) is 6.49. The van der Waals surface area contributed by atoms with Gasteiger partial charge < -0.3 is 33.5 Å². The van der Waals surface area contributed by atoms with Crippen molar-refractivity contribution in [3.8, 4) is 0 Å². The van der Waals surface area contributed by atoms with Crippen molar-refractivity contribution in [3.63, 3.8) is 0 Å². The van der Waals surface area contributed by atoms with E-state index in [-0.39, 0.29) is 36.4 Å². The first-order chi connectivity index (χ1) is 16.3. The summed E-state index contributed by atoms with van der Waals surface area (Å²) in [5.74, 6) is 1.33. The summed E-state index contributed by atoms with van der Waals surface area (Å²) >= 11 is 0. The summed E-state index contributed by atoms with van der Waals surface area (Å²) in [4.78, 5) is 0. The molecule has 2 aliphatic rings. The molecule has 0 radical (unpaired) electrons. The van der Waals surface area contributed by atoms with Crippen LogP contribution in [0.2, 0.25) is 0 Å². The number of rotatable bonds is 13. The van der Waals surface area contributed by atoms with Crippen LogP contribution in [0.4, 0.5) is 0 Å². The highest BCUT2D eigenvalue weighted by molar-refractivity contribution is 5.19. The van der Waals surface area contributed by atoms with Crippen LogP contribution in [-0.2, 0) is 28.4 Å². The van der Waals surface area contributed by atoms with Gasteiger partial charge in [-0.25, -0.2) is 0 Å². The minimum atomic E-state index is -0.559. The van der Waals surface area contributed by atoms with Crippen LogP contribution < -0.4 is 0 Å². The van der Waals surface area contributed by atoms with Crippen LogP contribution in [0.1, 0.15) is 47.0 Å². The summed E-state index contributed by atoms with van der Waals surface area (Å²) in [5.41, 5.74) is 0.990. The van der Waals surface area contributed by atoms with Gasteiger partial charge in [-0.05, 0) is 49.5 Å². The third-order valence-electron chi connectivity index (χ3n) is 8.09. The Morgan fingerprint density at radius 3 is 2.03 bits per heavy atom. The van der Waals surface area contributed by atoms with Crippen LogP contribution in [0.15, 0.2) is 23.8 Å². The van der Waals surface area contributed by atoms with E-state index in [2.05, 4.69) is 26.8 Å². The van der Waals surface area contributed by atoms with E-state index in [9.17, 15) is 5.11 Å². The molecule has 1 saturated carbocycles. The fraction of sp³-hybridized carbons (Fsp3) is 0.852. The molecule has 1 saturated heterocycles. The molecule has 34 heavy (non-hydrogen) atoms. The molecule has 1 N–H and O–H groups in total. The van der Waals surface area contributed by atoms with Crippen LogP contribution in [0.3, 0.4) is 0 Å². The summed E-state index contributed by atoms with van der Waals surface area (Å²) < 4.78 is 34.4. The average Bonchev–Trinajstić information content (AvgIpc) is 2.82. The van der Waals surface area contributed by atoms with E-state index < -0.39 is 12.4 Å². The summed E-state index contributed by atoms with van der Waals surface area (Å²) in [6, 6.07) is 0. The van der Waals surface area contributed by atoms with Gasteiger partial charge in [-0.1, -0.05) is 39.0 Å². The zero-order valence-corrected chi connectivity index (χ0v) is 22.6. The molecule has 0 bridgehead atoms. The van der Waals surface area contributed by atoms with Gasteiger partial charge >= 0.3 is 0 Å². The Balaban J connectivity index is 2.05. The van der Waals surface area contributed by atoms with E-state index in [1.54, 1.807) is 35.5 Å². The quantitative estimate of drug-likeness (QED) is 0.396. The normalized spacial score (nSPS) is 36.2. The molecular weight excluding hydrogens is 436 g/mol. The van der Waals surface area contributed by atoms with Gasteiger partial charge in [-0.15, -0.1) is 0 Å². The maximum Gasteiger partial charge on any atom is 0.186 e. The highest BCUT2D eigenvalue weighted by atomic mass is 16.7. The number of hydrogen-bond donors (Lipinski definition) is 1. The van der Waals surface area contributed by atoms with Gasteiger partial charge in [0.15, 0.2) is 6.29 Å². The van der Waals surface area contributed by atoms with E-state index in [1.165, 1.54) is 6.42 Å². The highest BCUT2D eigenvalue weighted by Crippen LogP contribution is 2.45. The second kappa shape index (κ2) is 14.1. The molecule has 11 atom stereocenters. The van der Waals surface area contributed by atoms with E-state index in [1.807, 2.05) is 19.1 Å². The van der Waals surface area contributed by atoms with Crippen LogP contribution in [0, 0.1) is 23.7 Å². The van der Waals surface area contributed by atoms with Crippen molar-refractivity contribution < 1.29 is 33.5 Å². The molecule has 0 spiro atoms. The molecule has 0 amide bonds. The van der Waals surface area contributed by atoms with Gasteiger partial charge in [-0.3, -0.25) is 0 Å². The lowest BCUT2D eigenvalue weighted by Crippen LogP contribution is -2.60. The Hall–Kier alpha value is -0.800. The molecule has 7 heteroatoms. The maximum absolute atomic E-state index is 11.1. The molecular formula is C27H48O7. The topological polar surface area (TPSA) is 75.6 Å². The first-order valence-corrected chi connectivity index (χ1v) is 12.6. The molecule has 1 aliphatic carbocycles. The predicted octanol–water partition coefficient (Wildman–Crippen LogP) is 3.99. The molecule has 1 aliphatic heterocycles. The van der Waals surface area contributed by atoms with Gasteiger partial charge in [0.05, 0.1) is 12.2 Å². The van der Waals surface area contributed by atoms with Gasteiger partial charge in [0, 0.05) is 41.5 Å². The Morgan fingerprint density at radius 2 is 1.56 bits per heavy atom. The average molecular weight is 485 g/mol. The van der Waals surface area contributed by atoms with E-state index in [0.717, 1.165) is 18.4 Å². The fourth-order valence-corrected chi connectivity index (χ4v) is 5.78. The van der Waals surface area contributed by atoms with E-state index in [0.29, 0.717) is 17.8 Å². The van der Waals surface area contributed by atoms with Crippen LogP contribution in [0.25, 0.3) is 0 Å². The van der Waals surface area contributed by atoms with Crippen molar-refractivity contribution in [2.45, 2.75) is 89.9 Å². The lowest BCUT2D eigenvalue weighted by atomic mass is 9.62. The first-order valence-electron chi connectivity index (χ1n) is 12.6. The van der Waals surface area contributed by atoms with Crippen molar-refractivity contribution in [2.24, 2.45) is 23.7 Å². The summed E-state index contributed by atoms with van der Waals surface area (Å²) in [7, 11) is 8.29. The zero-order chi connectivity index (χ0) is 25.4. The van der Waals surface area contributed by atoms with E-state index >= 15 is 0 Å². The Morgan fingerprint density at radius 1 is 0.941 bits per heavy atom. The molecule has 198 valence electrons. The monoisotopic (exact) mass is 484 g/mol. The number of ether oxygens (including phenoxy) is 6. The van der Waals surface area contributed by atoms with Crippen molar-refractivity contribution in [2.75, 3.05) is 35.5 Å². The molecule has 0 unspecified atom stereocenters. The molecule has 1 heterocycles. The molecule has 7 nitrogen and oxygen atoms in total. The third-order valence-corrected chi connectivity index (χ3v) is 8.09. The fourth-order valence-electron chi connectivity index (χ4n) is 5.78. The molecule has 0 aromatic carbocycles. The predicted molar refractivity (Wildman–Crippen MR) is 133 cm³/mol. The van der Waals surface area contributed by atoms with Crippen molar-refractivity contribution in [1.29, 1.82) is 0 Å². The molecule has 0 aromatic heterocycles. The number of aliphatic hydroxyl groups is 1. The van der Waals surface area contributed by atoms with Gasteiger partial charge in [0.2, 0.25) is 0 Å². The summed E-state index contributed by atoms with van der Waals surface area (Å²) in [6.45, 7) is 8.52. The van der Waals surface area contributed by atoms with Crippen molar-refractivity contribution in [1.82, 2.24) is 0 Å². The Labute approximate surface area is 206 Å². The smallest absolute Gasteiger partial charge is 0.186 e. The Kier molecular flexibility index (Phi) is 12.2. The van der Waals surface area contributed by atoms with Crippen molar-refractivity contribution in [3.05, 3.63) is 23.8 Å². The van der Waals surface area contributed by atoms with Gasteiger partial charge in [-0.2, -0.15) is 0 Å². The molecule has 2 fully saturated rings. The van der Waals surface area contributed by atoms with Gasteiger partial charge in [0.1, 0.15) is 24.4 Å². The number of allylic oxidation sites excluding steroid dienone is 2. The molecule has 2 rings (SSSR count). The maximum atomic E-state index is 11.1. The number of hydrogen-bond acceptors (Lipinski definition) is 7. The SMILES string of the molecule is CC[C@H](OC)[C@@H](C)[C@H]1CC[C@@H]1[C@H](O)[C@@H](C)/C=C/C=C(\C)[C@H]1O[C@@H](OC)[C@H](OC)[C@@H](OC)[C@@H]1OC. The second-order valence-corrected chi connectivity index (χ2v) is 9.85. The molecule has 0 aromatic rings. The largest absolute Gasteiger partial charge is 0.392 e. The van der Waals surface area contributed by atoms with Crippen LogP contribution in [0.5, 0.6) is 0 Å². The van der Waals surface area contributed by atoms with Crippen LogP contribution in [-0.4, -0.2) is 83.6 Å². The minimum absolute atomic E-state index is 0.0495. The lowest BCUT2D eigenvalue weighted by molar-refractivity contribution is -0.295. The Bertz CT molecular complexity index is 647. The number of methoxy groups -OCH3 is 5. The van der Waals surface area contributed by atoms with Crippen molar-refractivity contribution >= 4 is 0 Å². The second-order valence-electron chi connectivity index (χ2n) is 9.85. The lowest BCUT2D eigenvalue weighted by Gasteiger charge is -2.46. The highest BCUT2D eigenvalue weighted by Gasteiger charge is 2.48. The van der Waals surface area contributed by atoms with Gasteiger partial charge in [0.25, 0.3) is 0 Å². The standard InChI is InChI=1S/C27H48O7/c1-10-21(29-5)18(4)19-14-15-20(19)22(28)16(2)12-11-13-17(3)23-24(30-6)25(31-7)26(32-8)27(33-9)34-23/h11-13,16,18-28H,10,14-15H2,1-9H3/b12-11+,17-13+/t16-,18-,19+,20-,21-,22+,23+,24+,25-,26+,27+/m0/s1. The first kappa shape index (κ1) is 29.4. The summed E-state index contributed by atoms with van der Waals surface area (Å²) in [5, 5.41) is 11.1. The number of aliphatic hydroxyl groups excluding tert-OH is 1.